The lowest BCUT2D eigenvalue weighted by molar-refractivity contribution is -0.305. The third-order valence-corrected chi connectivity index (χ3v) is 0. The summed E-state index contributed by atoms with van der Waals surface area (Å²) in [6.45, 7) is 0. The molecule has 4 radical (unpaired) electrons. The molecule has 0 aliphatic rings. The molecule has 5 heavy (non-hydrogen) atoms. The summed E-state index contributed by atoms with van der Waals surface area (Å²) in [7, 11) is -3.62. The predicted molar refractivity (Wildman–Crippen MR) is 8.71 cm³/mol. The van der Waals surface area contributed by atoms with E-state index in [9.17, 15) is 4.20 Å². The molecule has 0 aliphatic heterocycles. The lowest BCUT2D eigenvalue weighted by Crippen LogP contribution is -2.00. The molecular weight excluding hydrogens is 98.0 g/mol. The minimum atomic E-state index is -3.62. The lowest BCUT2D eigenvalue weighted by Gasteiger charge is -2.14. The normalized spacial score (nSPS) is 7.20. The molecule has 0 spiro atoms. The molecule has 0 N–H and O–H groups in total. The number of halogens is 1. The summed E-state index contributed by atoms with van der Waals surface area (Å²) in [5, 5.41) is 0. The zero-order chi connectivity index (χ0) is 3.58. The van der Waals surface area contributed by atoms with E-state index in [0.29, 0.717) is 0 Å². The van der Waals surface area contributed by atoms with Crippen molar-refractivity contribution in [3.05, 3.63) is 0 Å². The number of hydrogen-bond donors (Lipinski definition) is 0. The predicted octanol–water partition coefficient (Wildman–Crippen LogP) is -1.22. The van der Waals surface area contributed by atoms with Gasteiger partial charge in [-0.15, -0.1) is 8.69 Å². The molecule has 0 rings (SSSR count). The SMILES string of the molecule is [O+2].[O-]P([O-])F. The molecule has 0 aromatic carbocycles. The Kier molecular flexibility index (Phi) is 7.61. The van der Waals surface area contributed by atoms with Crippen molar-refractivity contribution in [1.29, 1.82) is 0 Å². The molecular formula is FO3P. The number of rotatable bonds is 0. The molecule has 0 bridgehead atoms. The molecule has 0 fully saturated rings. The Labute approximate surface area is 29.4 Å². The van der Waals surface area contributed by atoms with Crippen LogP contribution in [0.4, 0.5) is 4.20 Å². The third-order valence-electron chi connectivity index (χ3n) is 0. The molecule has 0 heterocycles. The first-order valence-corrected chi connectivity index (χ1v) is 1.60. The van der Waals surface area contributed by atoms with Crippen molar-refractivity contribution in [3.63, 3.8) is 0 Å². The Morgan fingerprint density at radius 1 is 1.40 bits per heavy atom. The largest absolute Gasteiger partial charge is 2.00 e. The topological polar surface area (TPSA) is 74.6 Å². The van der Waals surface area contributed by atoms with E-state index in [-0.39, 0.29) is 5.48 Å². The quantitative estimate of drug-likeness (QED) is 0.356. The maximum Gasteiger partial charge on any atom is 2.00 e. The van der Waals surface area contributed by atoms with Gasteiger partial charge in [-0.2, -0.15) is 0 Å². The zero-order valence-corrected chi connectivity index (χ0v) is 2.94. The second-order valence-electron chi connectivity index (χ2n) is 0.213. The fraction of sp³-hybridized carbons (Fsp3) is 0. The zero-order valence-electron chi connectivity index (χ0n) is 2.05. The third kappa shape index (κ3) is 369. The fourth-order valence-corrected chi connectivity index (χ4v) is 0. The Hall–Kier alpha value is 0.240. The molecule has 3 nitrogen and oxygen atoms in total. The van der Waals surface area contributed by atoms with Gasteiger partial charge in [0.05, 0.1) is 0 Å². The maximum atomic E-state index is 9.95. The molecule has 30 valence electrons. The van der Waals surface area contributed by atoms with Gasteiger partial charge in [-0.3, -0.25) is 4.20 Å². The first-order valence-electron chi connectivity index (χ1n) is 0.534. The smallest absolute Gasteiger partial charge is 0.816 e. The van der Waals surface area contributed by atoms with E-state index in [1.165, 1.54) is 0 Å². The Balaban J connectivity index is 0. The Morgan fingerprint density at radius 2 is 1.40 bits per heavy atom. The van der Waals surface area contributed by atoms with Crippen molar-refractivity contribution in [1.82, 2.24) is 0 Å². The lowest BCUT2D eigenvalue weighted by atomic mass is 15.9. The van der Waals surface area contributed by atoms with Crippen molar-refractivity contribution in [2.75, 3.05) is 0 Å². The van der Waals surface area contributed by atoms with Crippen LogP contribution < -0.4 is 9.79 Å². The van der Waals surface area contributed by atoms with Crippen LogP contribution in [0.15, 0.2) is 0 Å². The van der Waals surface area contributed by atoms with Gasteiger partial charge in [0.25, 0.3) is 0 Å². The number of hydrogen-bond acceptors (Lipinski definition) is 2. The van der Waals surface area contributed by atoms with Crippen molar-refractivity contribution >= 4 is 8.69 Å². The summed E-state index contributed by atoms with van der Waals surface area (Å²) in [5.74, 6) is 0. The van der Waals surface area contributed by atoms with E-state index in [1.807, 2.05) is 0 Å². The fourth-order valence-electron chi connectivity index (χ4n) is 0. The van der Waals surface area contributed by atoms with Gasteiger partial charge in [-0.25, -0.2) is 0 Å². The van der Waals surface area contributed by atoms with Gasteiger partial charge in [0.1, 0.15) is 0 Å². The first kappa shape index (κ1) is 8.97. The van der Waals surface area contributed by atoms with E-state index in [0.717, 1.165) is 0 Å². The van der Waals surface area contributed by atoms with Crippen LogP contribution in [0.2, 0.25) is 0 Å². The second-order valence-corrected chi connectivity index (χ2v) is 0.638. The van der Waals surface area contributed by atoms with Crippen LogP contribution >= 0.6 is 8.69 Å². The molecule has 0 saturated heterocycles. The van der Waals surface area contributed by atoms with Gasteiger partial charge in [-0.1, -0.05) is 0 Å². The van der Waals surface area contributed by atoms with E-state index >= 15 is 0 Å². The van der Waals surface area contributed by atoms with Crippen molar-refractivity contribution in [2.24, 2.45) is 0 Å². The highest BCUT2D eigenvalue weighted by molar-refractivity contribution is 7.35. The summed E-state index contributed by atoms with van der Waals surface area (Å²) in [6.07, 6.45) is 0. The van der Waals surface area contributed by atoms with Crippen LogP contribution in [0.3, 0.4) is 0 Å². The van der Waals surface area contributed by atoms with Gasteiger partial charge in [0.2, 0.25) is 0 Å². The Morgan fingerprint density at radius 3 is 1.40 bits per heavy atom. The highest BCUT2D eigenvalue weighted by atomic mass is 31.2. The first-order chi connectivity index (χ1) is 1.73. The highest BCUT2D eigenvalue weighted by Crippen LogP contribution is 2.08. The second kappa shape index (κ2) is 4.24. The monoisotopic (exact) mass is 98.0 g/mol. The molecule has 0 unspecified atom stereocenters. The van der Waals surface area contributed by atoms with Crippen LogP contribution in [0.25, 0.3) is 0 Å². The van der Waals surface area contributed by atoms with E-state index in [4.69, 9.17) is 9.79 Å². The molecule has 5 heteroatoms. The average Bonchev–Trinajstić information content (AvgIpc) is 0.811. The molecule has 0 saturated carbocycles. The van der Waals surface area contributed by atoms with Gasteiger partial charge >= 0.3 is 5.48 Å². The van der Waals surface area contributed by atoms with E-state index in [1.54, 1.807) is 0 Å². The average molecular weight is 98.0 g/mol. The maximum absolute atomic E-state index is 9.95. The van der Waals surface area contributed by atoms with Crippen LogP contribution in [-0.2, 0) is 5.48 Å². The minimum absolute atomic E-state index is 0. The molecule has 0 amide bonds. The molecule has 0 aliphatic carbocycles. The summed E-state index contributed by atoms with van der Waals surface area (Å²) in [4.78, 5) is 16.7. The van der Waals surface area contributed by atoms with Crippen LogP contribution in [0.1, 0.15) is 0 Å². The van der Waals surface area contributed by atoms with Crippen molar-refractivity contribution in [3.8, 4) is 0 Å². The van der Waals surface area contributed by atoms with Crippen molar-refractivity contribution in [2.45, 2.75) is 0 Å². The van der Waals surface area contributed by atoms with Crippen LogP contribution in [0.5, 0.6) is 0 Å². The van der Waals surface area contributed by atoms with Gasteiger partial charge in [-0.05, 0) is 0 Å². The van der Waals surface area contributed by atoms with Crippen LogP contribution in [0, 0.1) is 0 Å². The minimum Gasteiger partial charge on any atom is -0.816 e. The highest BCUT2D eigenvalue weighted by Gasteiger charge is 2.00. The van der Waals surface area contributed by atoms with Gasteiger partial charge in [0.15, 0.2) is 0 Å². The van der Waals surface area contributed by atoms with Gasteiger partial charge in [0, 0.05) is 0 Å². The summed E-state index contributed by atoms with van der Waals surface area (Å²) >= 11 is 0. The summed E-state index contributed by atoms with van der Waals surface area (Å²) < 4.78 is 9.95. The molecule has 0 aromatic heterocycles. The summed E-state index contributed by atoms with van der Waals surface area (Å²) in [6, 6.07) is 0. The Bertz CT molecular complexity index is 11.6. The summed E-state index contributed by atoms with van der Waals surface area (Å²) in [5.41, 5.74) is 0. The molecule has 0 atom stereocenters. The van der Waals surface area contributed by atoms with Gasteiger partial charge < -0.3 is 9.79 Å². The molecule has 0 aromatic rings. The van der Waals surface area contributed by atoms with Crippen LogP contribution in [-0.4, -0.2) is 0 Å². The standard InChI is InChI=1S/FO2P.O/c1-4(2)3;/q-2;+2. The van der Waals surface area contributed by atoms with Crippen molar-refractivity contribution < 1.29 is 19.5 Å². The van der Waals surface area contributed by atoms with E-state index in [2.05, 4.69) is 0 Å². The van der Waals surface area contributed by atoms with E-state index < -0.39 is 8.69 Å².